The van der Waals surface area contributed by atoms with Gasteiger partial charge in [-0.2, -0.15) is 0 Å². The predicted molar refractivity (Wildman–Crippen MR) is 157 cm³/mol. The zero-order valence-electron chi connectivity index (χ0n) is 22.4. The van der Waals surface area contributed by atoms with Crippen LogP contribution in [-0.2, 0) is 16.6 Å². The van der Waals surface area contributed by atoms with E-state index in [1.165, 1.54) is 34.4 Å². The molecule has 0 unspecified atom stereocenters. The van der Waals surface area contributed by atoms with E-state index in [2.05, 4.69) is 15.0 Å². The topological polar surface area (TPSA) is 135 Å². The van der Waals surface area contributed by atoms with Gasteiger partial charge in [0.1, 0.15) is 5.01 Å². The number of nitrogens with zero attached hydrogens (tertiary/aromatic N) is 3. The number of carbonyl (C=O) groups excluding carboxylic acids is 1. The minimum Gasteiger partial charge on any atom is -0.334 e. The van der Waals surface area contributed by atoms with Crippen molar-refractivity contribution in [2.45, 2.75) is 37.8 Å². The molecule has 0 spiro atoms. The molecule has 0 radical (unpaired) electrons. The second-order valence-electron chi connectivity index (χ2n) is 10.1. The van der Waals surface area contributed by atoms with Crippen LogP contribution in [0.2, 0.25) is 0 Å². The number of nitro groups is 1. The molecule has 0 atom stereocenters. The van der Waals surface area contributed by atoms with Crippen molar-refractivity contribution in [2.24, 2.45) is 0 Å². The Morgan fingerprint density at radius 3 is 2.35 bits per heavy atom. The van der Waals surface area contributed by atoms with E-state index in [0.717, 1.165) is 5.56 Å². The maximum absolute atomic E-state index is 13.6. The molecule has 4 rings (SSSR count). The second kappa shape index (κ2) is 11.5. The third-order valence-electron chi connectivity index (χ3n) is 5.77. The molecule has 0 saturated carbocycles. The first-order valence-corrected chi connectivity index (χ1v) is 14.6. The molecule has 0 fully saturated rings. The van der Waals surface area contributed by atoms with Gasteiger partial charge in [-0.15, -0.1) is 11.3 Å². The van der Waals surface area contributed by atoms with E-state index >= 15 is 0 Å². The lowest BCUT2D eigenvalue weighted by atomic mass is 10.1. The average Bonchev–Trinajstić information content (AvgIpc) is 3.40. The molecule has 10 nitrogen and oxygen atoms in total. The summed E-state index contributed by atoms with van der Waals surface area (Å²) < 4.78 is 29.8. The summed E-state index contributed by atoms with van der Waals surface area (Å²) in [6.45, 7) is 5.56. The number of rotatable bonds is 8. The summed E-state index contributed by atoms with van der Waals surface area (Å²) in [6, 6.07) is 19.9. The van der Waals surface area contributed by atoms with E-state index in [1.807, 2.05) is 30.3 Å². The Hall–Kier alpha value is -4.13. The number of urea groups is 1. The Bertz CT molecular complexity index is 1630. The van der Waals surface area contributed by atoms with Gasteiger partial charge in [0.25, 0.3) is 5.69 Å². The lowest BCUT2D eigenvalue weighted by molar-refractivity contribution is -0.384. The Balaban J connectivity index is 1.68. The number of hydrogen-bond acceptors (Lipinski definition) is 7. The van der Waals surface area contributed by atoms with Gasteiger partial charge in [-0.25, -0.2) is 22.9 Å². The van der Waals surface area contributed by atoms with Crippen molar-refractivity contribution in [3.05, 3.63) is 94.7 Å². The monoisotopic (exact) mass is 579 g/mol. The maximum Gasteiger partial charge on any atom is 0.321 e. The molecular formula is C28H29N5O5S2. The first-order valence-electron chi connectivity index (χ1n) is 12.3. The molecule has 0 bridgehead atoms. The van der Waals surface area contributed by atoms with Crippen LogP contribution in [0.1, 0.15) is 26.3 Å². The summed E-state index contributed by atoms with van der Waals surface area (Å²) in [6.07, 6.45) is 1.57. The fourth-order valence-electron chi connectivity index (χ4n) is 3.87. The van der Waals surface area contributed by atoms with Crippen LogP contribution < -0.4 is 14.9 Å². The summed E-state index contributed by atoms with van der Waals surface area (Å²) in [5.74, 6) is 0. The molecule has 2 amide bonds. The third kappa shape index (κ3) is 6.89. The molecule has 1 aromatic heterocycles. The Morgan fingerprint density at radius 2 is 1.73 bits per heavy atom. The molecule has 40 heavy (non-hydrogen) atoms. The normalized spacial score (nSPS) is 11.7. The van der Waals surface area contributed by atoms with Gasteiger partial charge >= 0.3 is 6.03 Å². The zero-order valence-corrected chi connectivity index (χ0v) is 24.0. The van der Waals surface area contributed by atoms with Crippen molar-refractivity contribution in [3.63, 3.8) is 0 Å². The molecule has 0 aliphatic carbocycles. The largest absolute Gasteiger partial charge is 0.334 e. The molecule has 208 valence electrons. The van der Waals surface area contributed by atoms with Gasteiger partial charge in [0.05, 0.1) is 14.7 Å². The molecular weight excluding hydrogens is 550 g/mol. The molecule has 0 aliphatic rings. The van der Waals surface area contributed by atoms with Crippen molar-refractivity contribution in [1.82, 2.24) is 15.0 Å². The number of anilines is 1. The van der Waals surface area contributed by atoms with E-state index in [4.69, 9.17) is 0 Å². The molecule has 2 N–H and O–H groups in total. The number of benzene rings is 3. The fraction of sp³-hybridized carbons (Fsp3) is 0.214. The summed E-state index contributed by atoms with van der Waals surface area (Å²) in [5.41, 5.74) is 1.64. The number of sulfonamides is 1. The van der Waals surface area contributed by atoms with Gasteiger partial charge in [0, 0.05) is 54.3 Å². The summed E-state index contributed by atoms with van der Waals surface area (Å²) >= 11 is 1.26. The van der Waals surface area contributed by atoms with Crippen LogP contribution in [0.5, 0.6) is 0 Å². The van der Waals surface area contributed by atoms with Gasteiger partial charge in [-0.3, -0.25) is 15.0 Å². The summed E-state index contributed by atoms with van der Waals surface area (Å²) in [4.78, 5) is 29.8. The van der Waals surface area contributed by atoms with E-state index < -0.39 is 20.5 Å². The minimum absolute atomic E-state index is 0.00142. The number of nitrogens with one attached hydrogen (secondary N) is 2. The first kappa shape index (κ1) is 28.9. The first-order chi connectivity index (χ1) is 18.8. The lowest BCUT2D eigenvalue weighted by Gasteiger charge is -2.23. The fourth-order valence-corrected chi connectivity index (χ4v) is 6.56. The SMILES string of the molecule is CN(C(=O)NCc1ccccc1)c1ccc(-c2cnc(-c3ccc([N+](=O)[O-])cc3)s2)c(S(=O)(=O)NC(C)(C)C)c1. The number of thiazole rings is 1. The Kier molecular flexibility index (Phi) is 8.33. The lowest BCUT2D eigenvalue weighted by Crippen LogP contribution is -2.41. The molecule has 0 aliphatic heterocycles. The van der Waals surface area contributed by atoms with E-state index in [9.17, 15) is 23.3 Å². The van der Waals surface area contributed by atoms with Crippen molar-refractivity contribution < 1.29 is 18.1 Å². The molecule has 0 saturated heterocycles. The quantitative estimate of drug-likeness (QED) is 0.200. The number of amides is 2. The highest BCUT2D eigenvalue weighted by Gasteiger charge is 2.27. The van der Waals surface area contributed by atoms with E-state index in [-0.39, 0.29) is 16.6 Å². The minimum atomic E-state index is -4.01. The number of nitro benzene ring substituents is 1. The summed E-state index contributed by atoms with van der Waals surface area (Å²) in [7, 11) is -2.44. The van der Waals surface area contributed by atoms with Crippen molar-refractivity contribution >= 4 is 38.8 Å². The van der Waals surface area contributed by atoms with Crippen LogP contribution in [0.4, 0.5) is 16.2 Å². The standard InChI is InChI=1S/C28H29N5O5S2/c1-28(2,3)31-40(37,38)25-16-22(32(4)27(34)30-17-19-8-6-5-7-9-19)14-15-23(25)24-18-29-26(39-24)20-10-12-21(13-11-20)33(35)36/h5-16,18,31H,17H2,1-4H3,(H,30,34). The van der Waals surface area contributed by atoms with Crippen molar-refractivity contribution in [2.75, 3.05) is 11.9 Å². The predicted octanol–water partition coefficient (Wildman–Crippen LogP) is 5.81. The van der Waals surface area contributed by atoms with Gasteiger partial charge in [-0.1, -0.05) is 36.4 Å². The van der Waals surface area contributed by atoms with Crippen LogP contribution in [-0.4, -0.2) is 36.9 Å². The number of carbonyl (C=O) groups is 1. The van der Waals surface area contributed by atoms with Crippen LogP contribution >= 0.6 is 11.3 Å². The Labute approximate surface area is 236 Å². The van der Waals surface area contributed by atoms with Gasteiger partial charge in [-0.05, 0) is 50.6 Å². The highest BCUT2D eigenvalue weighted by atomic mass is 32.2. The van der Waals surface area contributed by atoms with E-state index in [1.54, 1.807) is 58.3 Å². The highest BCUT2D eigenvalue weighted by molar-refractivity contribution is 7.89. The average molecular weight is 580 g/mol. The number of aromatic nitrogens is 1. The zero-order chi connectivity index (χ0) is 29.1. The smallest absolute Gasteiger partial charge is 0.321 e. The van der Waals surface area contributed by atoms with Crippen LogP contribution in [0.15, 0.2) is 83.9 Å². The highest BCUT2D eigenvalue weighted by Crippen LogP contribution is 2.37. The van der Waals surface area contributed by atoms with Crippen LogP contribution in [0.25, 0.3) is 21.0 Å². The molecule has 12 heteroatoms. The molecule has 4 aromatic rings. The van der Waals surface area contributed by atoms with Gasteiger partial charge in [0.2, 0.25) is 10.0 Å². The summed E-state index contributed by atoms with van der Waals surface area (Å²) in [5, 5.41) is 14.4. The van der Waals surface area contributed by atoms with Crippen LogP contribution in [0, 0.1) is 10.1 Å². The van der Waals surface area contributed by atoms with Crippen LogP contribution in [0.3, 0.4) is 0 Å². The number of hydrogen-bond donors (Lipinski definition) is 2. The van der Waals surface area contributed by atoms with Gasteiger partial charge in [0.15, 0.2) is 0 Å². The van der Waals surface area contributed by atoms with Crippen molar-refractivity contribution in [3.8, 4) is 21.0 Å². The Morgan fingerprint density at radius 1 is 1.05 bits per heavy atom. The van der Waals surface area contributed by atoms with Gasteiger partial charge < -0.3 is 5.32 Å². The third-order valence-corrected chi connectivity index (χ3v) is 8.65. The second-order valence-corrected chi connectivity index (χ2v) is 12.8. The molecule has 3 aromatic carbocycles. The maximum atomic E-state index is 13.6. The molecule has 1 heterocycles. The van der Waals surface area contributed by atoms with E-state index in [0.29, 0.717) is 33.2 Å². The number of non-ortho nitro benzene ring substituents is 1. The van der Waals surface area contributed by atoms with Crippen molar-refractivity contribution in [1.29, 1.82) is 0 Å².